The molecule has 1 aliphatic carbocycles. The number of hydrogen-bond acceptors (Lipinski definition) is 6. The Morgan fingerprint density at radius 2 is 1.65 bits per heavy atom. The molecule has 0 aliphatic heterocycles. The second-order valence-electron chi connectivity index (χ2n) is 11.1. The van der Waals surface area contributed by atoms with E-state index in [9.17, 15) is 14.9 Å². The number of thiophene rings is 1. The van der Waals surface area contributed by atoms with Crippen LogP contribution in [0.2, 0.25) is 0 Å². The van der Waals surface area contributed by atoms with Gasteiger partial charge in [-0.3, -0.25) is 14.9 Å². The Morgan fingerprint density at radius 3 is 2.35 bits per heavy atom. The van der Waals surface area contributed by atoms with Gasteiger partial charge in [0.05, 0.1) is 34.7 Å². The molecule has 0 unspecified atom stereocenters. The monoisotopic (exact) mass is 626 g/mol. The molecule has 1 amide bonds. The summed E-state index contributed by atoms with van der Waals surface area (Å²) in [6.45, 7) is 0.302. The maximum absolute atomic E-state index is 13.6. The molecule has 0 saturated carbocycles. The van der Waals surface area contributed by atoms with Gasteiger partial charge in [0, 0.05) is 34.5 Å². The Balaban J connectivity index is 1.37. The molecule has 0 saturated heterocycles. The van der Waals surface area contributed by atoms with Crippen molar-refractivity contribution in [3.05, 3.63) is 147 Å². The minimum Gasteiger partial charge on any atom is -0.467 e. The van der Waals surface area contributed by atoms with E-state index in [0.717, 1.165) is 65.0 Å². The number of nitro benzene ring substituents is 1. The molecule has 3 heterocycles. The lowest BCUT2D eigenvalue weighted by atomic mass is 9.95. The Morgan fingerprint density at radius 1 is 0.935 bits per heavy atom. The smallest absolute Gasteiger partial charge is 0.269 e. The van der Waals surface area contributed by atoms with Crippen molar-refractivity contribution in [3.63, 3.8) is 0 Å². The standard InChI is InChI=1S/C37H30N4O4S/c42-36(38-24-30-14-9-21-45-30)34-31-15-7-8-16-33(31)46-37(34)39-23-27-22-32(25-10-3-1-4-11-25)40(35(27)26-12-5-2-6-13-26)28-17-19-29(20-18-28)41(43)44/h1-6,9-14,17-23H,7-8,15-16,24H2,(H,38,42). The van der Waals surface area contributed by atoms with Gasteiger partial charge in [-0.1, -0.05) is 60.7 Å². The van der Waals surface area contributed by atoms with Crippen molar-refractivity contribution in [2.45, 2.75) is 32.2 Å². The lowest BCUT2D eigenvalue weighted by molar-refractivity contribution is -0.384. The van der Waals surface area contributed by atoms with E-state index >= 15 is 0 Å². The maximum Gasteiger partial charge on any atom is 0.269 e. The van der Waals surface area contributed by atoms with Crippen molar-refractivity contribution < 1.29 is 14.1 Å². The molecular weight excluding hydrogens is 596 g/mol. The number of benzene rings is 3. The van der Waals surface area contributed by atoms with Crippen LogP contribution in [-0.2, 0) is 19.4 Å². The fourth-order valence-corrected chi connectivity index (χ4v) is 7.24. The van der Waals surface area contributed by atoms with Gasteiger partial charge in [-0.15, -0.1) is 11.3 Å². The lowest BCUT2D eigenvalue weighted by Crippen LogP contribution is -2.23. The van der Waals surface area contributed by atoms with E-state index in [1.54, 1.807) is 35.8 Å². The predicted octanol–water partition coefficient (Wildman–Crippen LogP) is 8.93. The topological polar surface area (TPSA) is 103 Å². The number of carbonyl (C=O) groups is 1. The molecule has 46 heavy (non-hydrogen) atoms. The average Bonchev–Trinajstić information content (AvgIpc) is 3.84. The van der Waals surface area contributed by atoms with Gasteiger partial charge in [-0.05, 0) is 72.7 Å². The molecule has 228 valence electrons. The van der Waals surface area contributed by atoms with Gasteiger partial charge >= 0.3 is 0 Å². The van der Waals surface area contributed by atoms with E-state index in [4.69, 9.17) is 9.41 Å². The summed E-state index contributed by atoms with van der Waals surface area (Å²) in [4.78, 5) is 30.9. The number of aliphatic imine (C=N–C) groups is 1. The van der Waals surface area contributed by atoms with Crippen molar-refractivity contribution in [2.75, 3.05) is 0 Å². The Bertz CT molecular complexity index is 2030. The highest BCUT2D eigenvalue weighted by molar-refractivity contribution is 7.16. The van der Waals surface area contributed by atoms with Gasteiger partial charge in [0.25, 0.3) is 11.6 Å². The number of fused-ring (bicyclic) bond motifs is 1. The summed E-state index contributed by atoms with van der Waals surface area (Å²) in [6, 6.07) is 32.4. The van der Waals surface area contributed by atoms with Gasteiger partial charge in [-0.2, -0.15) is 0 Å². The number of carbonyl (C=O) groups excluding carboxylic acids is 1. The van der Waals surface area contributed by atoms with Gasteiger partial charge in [-0.25, -0.2) is 4.99 Å². The highest BCUT2D eigenvalue weighted by Crippen LogP contribution is 2.41. The third-order valence-electron chi connectivity index (χ3n) is 8.17. The van der Waals surface area contributed by atoms with Gasteiger partial charge in [0.1, 0.15) is 10.8 Å². The molecule has 0 spiro atoms. The molecule has 0 fully saturated rings. The number of rotatable bonds is 9. The molecule has 8 nitrogen and oxygen atoms in total. The fourth-order valence-electron chi connectivity index (χ4n) is 6.01. The average molecular weight is 627 g/mol. The first kappa shape index (κ1) is 29.2. The van der Waals surface area contributed by atoms with E-state index in [1.165, 1.54) is 17.0 Å². The van der Waals surface area contributed by atoms with E-state index < -0.39 is 4.92 Å². The molecule has 6 aromatic rings. The number of hydrogen-bond donors (Lipinski definition) is 1. The Kier molecular flexibility index (Phi) is 8.14. The van der Waals surface area contributed by atoms with Crippen molar-refractivity contribution >= 4 is 34.1 Å². The lowest BCUT2D eigenvalue weighted by Gasteiger charge is -2.15. The van der Waals surface area contributed by atoms with Gasteiger partial charge in [0.2, 0.25) is 0 Å². The van der Waals surface area contributed by atoms with Gasteiger partial charge < -0.3 is 14.3 Å². The van der Waals surface area contributed by atoms with E-state index in [-0.39, 0.29) is 11.6 Å². The summed E-state index contributed by atoms with van der Waals surface area (Å²) in [5.74, 6) is 0.538. The molecule has 0 atom stereocenters. The van der Waals surface area contributed by atoms with Crippen LogP contribution in [0.25, 0.3) is 28.2 Å². The number of amides is 1. The molecule has 1 aliphatic rings. The first-order valence-electron chi connectivity index (χ1n) is 15.2. The van der Waals surface area contributed by atoms with E-state index in [2.05, 4.69) is 16.0 Å². The third kappa shape index (κ3) is 5.80. The highest BCUT2D eigenvalue weighted by Gasteiger charge is 2.26. The summed E-state index contributed by atoms with van der Waals surface area (Å²) in [6.07, 6.45) is 7.38. The van der Waals surface area contributed by atoms with Crippen LogP contribution in [0.4, 0.5) is 10.7 Å². The zero-order valence-electron chi connectivity index (χ0n) is 24.9. The Hall–Kier alpha value is -5.54. The minimum absolute atomic E-state index is 0.0275. The van der Waals surface area contributed by atoms with E-state index in [1.807, 2.05) is 72.9 Å². The first-order valence-corrected chi connectivity index (χ1v) is 16.0. The summed E-state index contributed by atoms with van der Waals surface area (Å²) in [5, 5.41) is 15.2. The van der Waals surface area contributed by atoms with Crippen LogP contribution in [0, 0.1) is 10.1 Å². The molecule has 1 N–H and O–H groups in total. The molecule has 0 bridgehead atoms. The summed E-state index contributed by atoms with van der Waals surface area (Å²) in [7, 11) is 0. The molecule has 3 aromatic carbocycles. The van der Waals surface area contributed by atoms with Crippen LogP contribution >= 0.6 is 11.3 Å². The summed E-state index contributed by atoms with van der Waals surface area (Å²) >= 11 is 1.59. The van der Waals surface area contributed by atoms with Crippen molar-refractivity contribution in [1.82, 2.24) is 9.88 Å². The molecule has 7 rings (SSSR count). The Labute approximate surface area is 269 Å². The second-order valence-corrected chi connectivity index (χ2v) is 12.2. The van der Waals surface area contributed by atoms with Crippen molar-refractivity contribution in [1.29, 1.82) is 0 Å². The first-order chi connectivity index (χ1) is 22.6. The molecular formula is C37H30N4O4S. The van der Waals surface area contributed by atoms with Crippen LogP contribution in [0.5, 0.6) is 0 Å². The summed E-state index contributed by atoms with van der Waals surface area (Å²) in [5.41, 5.74) is 7.16. The van der Waals surface area contributed by atoms with Crippen molar-refractivity contribution in [2.24, 2.45) is 4.99 Å². The van der Waals surface area contributed by atoms with Gasteiger partial charge in [0.15, 0.2) is 0 Å². The minimum atomic E-state index is -0.392. The highest BCUT2D eigenvalue weighted by atomic mass is 32.1. The summed E-state index contributed by atoms with van der Waals surface area (Å²) < 4.78 is 7.55. The van der Waals surface area contributed by atoms with Crippen LogP contribution in [-0.4, -0.2) is 21.6 Å². The fraction of sp³-hybridized carbons (Fsp3) is 0.135. The number of nitro groups is 1. The number of furan rings is 1. The van der Waals surface area contributed by atoms with Crippen molar-refractivity contribution in [3.8, 4) is 28.2 Å². The molecule has 0 radical (unpaired) electrons. The second kappa shape index (κ2) is 12.8. The molecule has 9 heteroatoms. The van der Waals surface area contributed by atoms with Crippen LogP contribution < -0.4 is 5.32 Å². The number of aromatic nitrogens is 1. The normalized spacial score (nSPS) is 12.7. The van der Waals surface area contributed by atoms with E-state index in [0.29, 0.717) is 22.9 Å². The van der Waals surface area contributed by atoms with Crippen LogP contribution in [0.1, 0.15) is 45.0 Å². The molecule has 3 aromatic heterocycles. The number of nitrogens with zero attached hydrogens (tertiary/aromatic N) is 3. The number of aryl methyl sites for hydroxylation is 1. The zero-order chi connectivity index (χ0) is 31.5. The number of non-ortho nitro benzene ring substituents is 1. The van der Waals surface area contributed by atoms with Crippen LogP contribution in [0.15, 0.2) is 119 Å². The predicted molar refractivity (Wildman–Crippen MR) is 181 cm³/mol. The quantitative estimate of drug-likeness (QED) is 0.0983. The zero-order valence-corrected chi connectivity index (χ0v) is 25.7. The number of nitrogens with one attached hydrogen (secondary N) is 1. The maximum atomic E-state index is 13.6. The largest absolute Gasteiger partial charge is 0.467 e. The SMILES string of the molecule is O=C(NCc1ccco1)c1c(N=Cc2cc(-c3ccccc3)n(-c3ccc([N+](=O)[O-])cc3)c2-c2ccccc2)sc2c1CCCC2. The third-order valence-corrected chi connectivity index (χ3v) is 9.37. The van der Waals surface area contributed by atoms with Crippen LogP contribution in [0.3, 0.4) is 0 Å².